The average molecular weight is 366 g/mol. The van der Waals surface area contributed by atoms with Gasteiger partial charge >= 0.3 is 0 Å². The summed E-state index contributed by atoms with van der Waals surface area (Å²) >= 11 is 1.70. The Morgan fingerprint density at radius 3 is 2.50 bits per heavy atom. The van der Waals surface area contributed by atoms with E-state index in [1.807, 2.05) is 69.6 Å². The van der Waals surface area contributed by atoms with E-state index in [1.54, 1.807) is 11.3 Å². The third kappa shape index (κ3) is 4.18. The van der Waals surface area contributed by atoms with Gasteiger partial charge < -0.3 is 10.2 Å². The molecule has 3 rings (SSSR count). The van der Waals surface area contributed by atoms with Gasteiger partial charge in [-0.05, 0) is 44.6 Å². The minimum atomic E-state index is -0.0852. The lowest BCUT2D eigenvalue weighted by molar-refractivity contribution is 0.0941. The van der Waals surface area contributed by atoms with Crippen molar-refractivity contribution in [3.63, 3.8) is 0 Å². The predicted molar refractivity (Wildman–Crippen MR) is 107 cm³/mol. The number of rotatable bonds is 6. The molecule has 0 aliphatic carbocycles. The van der Waals surface area contributed by atoms with Crippen LogP contribution in [0, 0.1) is 6.92 Å². The summed E-state index contributed by atoms with van der Waals surface area (Å²) in [5.41, 5.74) is 3.28. The Hall–Kier alpha value is -2.50. The summed E-state index contributed by atoms with van der Waals surface area (Å²) in [6, 6.07) is 18.0. The lowest BCUT2D eigenvalue weighted by Crippen LogP contribution is -2.34. The van der Waals surface area contributed by atoms with Crippen LogP contribution in [0.3, 0.4) is 0 Å². The summed E-state index contributed by atoms with van der Waals surface area (Å²) in [5, 5.41) is 5.11. The van der Waals surface area contributed by atoms with Crippen LogP contribution in [0.25, 0.3) is 11.3 Å². The van der Waals surface area contributed by atoms with Crippen LogP contribution in [0.15, 0.2) is 60.0 Å². The number of aromatic nitrogens is 1. The van der Waals surface area contributed by atoms with Crippen molar-refractivity contribution in [3.05, 3.63) is 76.1 Å². The lowest BCUT2D eigenvalue weighted by atomic mass is 10.1. The van der Waals surface area contributed by atoms with Crippen molar-refractivity contribution in [3.8, 4) is 11.3 Å². The molecular formula is C21H23N3OS. The van der Waals surface area contributed by atoms with E-state index in [4.69, 9.17) is 0 Å². The number of benzene rings is 1. The summed E-state index contributed by atoms with van der Waals surface area (Å²) in [6.45, 7) is 2.44. The van der Waals surface area contributed by atoms with Crippen LogP contribution in [0.4, 0.5) is 0 Å². The number of nitrogens with one attached hydrogen (secondary N) is 1. The second-order valence-electron chi connectivity index (χ2n) is 6.40. The molecule has 1 aromatic carbocycles. The Morgan fingerprint density at radius 1 is 1.12 bits per heavy atom. The van der Waals surface area contributed by atoms with Gasteiger partial charge in [0.15, 0.2) is 0 Å². The number of carbonyl (C=O) groups excluding carboxylic acids is 1. The van der Waals surface area contributed by atoms with E-state index in [1.165, 1.54) is 4.88 Å². The molecule has 0 fully saturated rings. The summed E-state index contributed by atoms with van der Waals surface area (Å²) in [5.74, 6) is -0.0852. The Balaban J connectivity index is 1.72. The monoisotopic (exact) mass is 365 g/mol. The highest BCUT2D eigenvalue weighted by molar-refractivity contribution is 7.10. The molecule has 2 aromatic heterocycles. The highest BCUT2D eigenvalue weighted by Gasteiger charge is 2.18. The summed E-state index contributed by atoms with van der Waals surface area (Å²) in [6.07, 6.45) is 0. The van der Waals surface area contributed by atoms with Crippen molar-refractivity contribution in [2.75, 3.05) is 20.6 Å². The number of aryl methyl sites for hydroxylation is 1. The molecule has 0 aliphatic heterocycles. The zero-order valence-corrected chi connectivity index (χ0v) is 16.1. The number of nitrogens with zero attached hydrogens (tertiary/aromatic N) is 2. The van der Waals surface area contributed by atoms with E-state index in [9.17, 15) is 4.79 Å². The van der Waals surface area contributed by atoms with Gasteiger partial charge in [0, 0.05) is 17.0 Å². The Morgan fingerprint density at radius 2 is 1.88 bits per heavy atom. The topological polar surface area (TPSA) is 45.2 Å². The van der Waals surface area contributed by atoms with Gasteiger partial charge in [-0.25, -0.2) is 0 Å². The second kappa shape index (κ2) is 8.25. The molecule has 0 saturated carbocycles. The van der Waals surface area contributed by atoms with Gasteiger partial charge in [-0.1, -0.05) is 36.4 Å². The van der Waals surface area contributed by atoms with E-state index in [0.717, 1.165) is 17.0 Å². The molecular weight excluding hydrogens is 342 g/mol. The molecule has 3 aromatic rings. The largest absolute Gasteiger partial charge is 0.350 e. The van der Waals surface area contributed by atoms with E-state index < -0.39 is 0 Å². The molecule has 5 heteroatoms. The minimum absolute atomic E-state index is 0.0852. The molecule has 26 heavy (non-hydrogen) atoms. The average Bonchev–Trinajstić information content (AvgIpc) is 3.16. The fraction of sp³-hybridized carbons (Fsp3) is 0.238. The van der Waals surface area contributed by atoms with E-state index in [-0.39, 0.29) is 11.9 Å². The molecule has 134 valence electrons. The number of hydrogen-bond acceptors (Lipinski definition) is 4. The van der Waals surface area contributed by atoms with Gasteiger partial charge in [0.1, 0.15) is 0 Å². The molecule has 1 atom stereocenters. The first-order valence-corrected chi connectivity index (χ1v) is 9.45. The molecule has 0 spiro atoms. The van der Waals surface area contributed by atoms with Crippen LogP contribution in [0.1, 0.15) is 27.0 Å². The van der Waals surface area contributed by atoms with Gasteiger partial charge in [-0.2, -0.15) is 0 Å². The third-order valence-corrected chi connectivity index (χ3v) is 5.32. The molecule has 1 amide bonds. The standard InChI is InChI=1S/C21H23N3OS/c1-15-17(11-12-18(23-15)16-8-5-4-6-9-16)21(25)22-14-19(24(2)3)20-10-7-13-26-20/h4-13,19H,14H2,1-3H3,(H,22,25). The molecule has 0 radical (unpaired) electrons. The van der Waals surface area contributed by atoms with Crippen molar-refractivity contribution in [2.24, 2.45) is 0 Å². The molecule has 0 saturated heterocycles. The van der Waals surface area contributed by atoms with E-state index >= 15 is 0 Å². The molecule has 1 unspecified atom stereocenters. The fourth-order valence-corrected chi connectivity index (χ4v) is 3.80. The molecule has 2 heterocycles. The second-order valence-corrected chi connectivity index (χ2v) is 7.38. The first kappa shape index (κ1) is 18.3. The third-order valence-electron chi connectivity index (χ3n) is 4.35. The van der Waals surface area contributed by atoms with Crippen molar-refractivity contribution < 1.29 is 4.79 Å². The maximum Gasteiger partial charge on any atom is 0.253 e. The Labute approximate surface area is 158 Å². The number of carbonyl (C=O) groups is 1. The van der Waals surface area contributed by atoms with Crippen molar-refractivity contribution in [1.29, 1.82) is 0 Å². The first-order valence-electron chi connectivity index (χ1n) is 8.57. The zero-order chi connectivity index (χ0) is 18.5. The van der Waals surface area contributed by atoms with Crippen LogP contribution in [0.2, 0.25) is 0 Å². The zero-order valence-electron chi connectivity index (χ0n) is 15.3. The van der Waals surface area contributed by atoms with Crippen LogP contribution in [-0.4, -0.2) is 36.4 Å². The highest BCUT2D eigenvalue weighted by Crippen LogP contribution is 2.23. The Bertz CT molecular complexity index is 860. The van der Waals surface area contributed by atoms with Gasteiger partial charge in [0.2, 0.25) is 0 Å². The number of hydrogen-bond donors (Lipinski definition) is 1. The quantitative estimate of drug-likeness (QED) is 0.714. The van der Waals surface area contributed by atoms with Crippen LogP contribution in [0.5, 0.6) is 0 Å². The smallest absolute Gasteiger partial charge is 0.253 e. The summed E-state index contributed by atoms with van der Waals surface area (Å²) in [4.78, 5) is 20.6. The number of thiophene rings is 1. The lowest BCUT2D eigenvalue weighted by Gasteiger charge is -2.23. The van der Waals surface area contributed by atoms with Crippen LogP contribution in [-0.2, 0) is 0 Å². The predicted octanol–water partition coefficient (Wildman–Crippen LogP) is 4.15. The van der Waals surface area contributed by atoms with Crippen molar-refractivity contribution in [1.82, 2.24) is 15.2 Å². The van der Waals surface area contributed by atoms with Gasteiger partial charge in [0.25, 0.3) is 5.91 Å². The van der Waals surface area contributed by atoms with E-state index in [0.29, 0.717) is 12.1 Å². The number of pyridine rings is 1. The normalized spacial score (nSPS) is 12.2. The molecule has 0 bridgehead atoms. The van der Waals surface area contributed by atoms with Gasteiger partial charge in [-0.3, -0.25) is 9.78 Å². The summed E-state index contributed by atoms with van der Waals surface area (Å²) < 4.78 is 0. The Kier molecular flexibility index (Phi) is 5.81. The molecule has 4 nitrogen and oxygen atoms in total. The minimum Gasteiger partial charge on any atom is -0.350 e. The molecule has 0 aliphatic rings. The fourth-order valence-electron chi connectivity index (χ4n) is 2.87. The maximum absolute atomic E-state index is 12.6. The highest BCUT2D eigenvalue weighted by atomic mass is 32.1. The van der Waals surface area contributed by atoms with Gasteiger partial charge in [-0.15, -0.1) is 11.3 Å². The molecule has 1 N–H and O–H groups in total. The van der Waals surface area contributed by atoms with Gasteiger partial charge in [0.05, 0.1) is 23.0 Å². The van der Waals surface area contributed by atoms with E-state index in [2.05, 4.69) is 26.6 Å². The van der Waals surface area contributed by atoms with Crippen molar-refractivity contribution >= 4 is 17.2 Å². The number of amides is 1. The van der Waals surface area contributed by atoms with Crippen LogP contribution < -0.4 is 5.32 Å². The SMILES string of the molecule is Cc1nc(-c2ccccc2)ccc1C(=O)NCC(c1cccs1)N(C)C. The van der Waals surface area contributed by atoms with Crippen LogP contribution >= 0.6 is 11.3 Å². The summed E-state index contributed by atoms with van der Waals surface area (Å²) in [7, 11) is 4.05. The first-order chi connectivity index (χ1) is 12.6. The number of likely N-dealkylation sites (N-methyl/N-ethyl adjacent to an activating group) is 1. The maximum atomic E-state index is 12.6. The van der Waals surface area contributed by atoms with Crippen molar-refractivity contribution in [2.45, 2.75) is 13.0 Å².